The van der Waals surface area contributed by atoms with Crippen molar-refractivity contribution in [2.24, 2.45) is 4.99 Å². The standard InChI is InChI=1S/C7H9N3O4S/c11-6-5(3-8-7(12)9-6)15(13,14)10-4-1-2-4/h3-5,10H,1-2H2,(H,9,11,12). The predicted molar refractivity (Wildman–Crippen MR) is 50.9 cm³/mol. The molecule has 2 N–H and O–H groups in total. The van der Waals surface area contributed by atoms with Crippen LogP contribution in [0.4, 0.5) is 4.79 Å². The van der Waals surface area contributed by atoms with E-state index >= 15 is 0 Å². The zero-order chi connectivity index (χ0) is 11.1. The molecule has 1 atom stereocenters. The van der Waals surface area contributed by atoms with Crippen molar-refractivity contribution in [2.45, 2.75) is 24.1 Å². The Morgan fingerprint density at radius 3 is 2.60 bits per heavy atom. The molecule has 1 aliphatic heterocycles. The first kappa shape index (κ1) is 10.2. The Kier molecular flexibility index (Phi) is 2.31. The highest BCUT2D eigenvalue weighted by Gasteiger charge is 2.38. The molecule has 82 valence electrons. The van der Waals surface area contributed by atoms with Gasteiger partial charge in [-0.1, -0.05) is 0 Å². The van der Waals surface area contributed by atoms with E-state index in [9.17, 15) is 18.0 Å². The molecule has 0 bridgehead atoms. The van der Waals surface area contributed by atoms with Gasteiger partial charge in [0.1, 0.15) is 0 Å². The lowest BCUT2D eigenvalue weighted by Gasteiger charge is -2.15. The summed E-state index contributed by atoms with van der Waals surface area (Å²) in [5.41, 5.74) is 0. The van der Waals surface area contributed by atoms with Gasteiger partial charge in [-0.2, -0.15) is 0 Å². The molecule has 2 aliphatic rings. The molecule has 0 aromatic carbocycles. The average Bonchev–Trinajstić information content (AvgIpc) is 2.86. The van der Waals surface area contributed by atoms with Gasteiger partial charge < -0.3 is 0 Å². The molecule has 3 amide bonds. The summed E-state index contributed by atoms with van der Waals surface area (Å²) in [6.07, 6.45) is 2.42. The number of rotatable bonds is 3. The summed E-state index contributed by atoms with van der Waals surface area (Å²) in [5.74, 6) is -0.858. The van der Waals surface area contributed by atoms with Crippen molar-refractivity contribution in [1.82, 2.24) is 10.0 Å². The van der Waals surface area contributed by atoms with Crippen LogP contribution in [-0.4, -0.2) is 37.9 Å². The van der Waals surface area contributed by atoms with Crippen LogP contribution in [0.15, 0.2) is 4.99 Å². The smallest absolute Gasteiger partial charge is 0.275 e. The summed E-state index contributed by atoms with van der Waals surface area (Å²) in [6.45, 7) is 0. The monoisotopic (exact) mass is 231 g/mol. The minimum atomic E-state index is -3.76. The molecule has 2 rings (SSSR count). The fourth-order valence-corrected chi connectivity index (χ4v) is 2.55. The van der Waals surface area contributed by atoms with Crippen molar-refractivity contribution >= 4 is 28.2 Å². The number of hydrogen-bond acceptors (Lipinski definition) is 4. The van der Waals surface area contributed by atoms with Crippen LogP contribution < -0.4 is 10.0 Å². The molecular weight excluding hydrogens is 222 g/mol. The topological polar surface area (TPSA) is 105 Å². The number of sulfonamides is 1. The maximum absolute atomic E-state index is 11.6. The third kappa shape index (κ3) is 2.21. The van der Waals surface area contributed by atoms with Crippen LogP contribution in [0, 0.1) is 0 Å². The molecule has 0 radical (unpaired) electrons. The van der Waals surface area contributed by atoms with E-state index in [-0.39, 0.29) is 6.04 Å². The molecule has 1 saturated carbocycles. The first-order valence-corrected chi connectivity index (χ1v) is 5.94. The van der Waals surface area contributed by atoms with Crippen molar-refractivity contribution in [2.75, 3.05) is 0 Å². The number of nitrogens with zero attached hydrogens (tertiary/aromatic N) is 1. The van der Waals surface area contributed by atoms with Gasteiger partial charge in [0.2, 0.25) is 10.0 Å². The fraction of sp³-hybridized carbons (Fsp3) is 0.571. The Morgan fingerprint density at radius 1 is 1.40 bits per heavy atom. The zero-order valence-electron chi connectivity index (χ0n) is 7.63. The lowest BCUT2D eigenvalue weighted by molar-refractivity contribution is -0.118. The molecule has 1 heterocycles. The van der Waals surface area contributed by atoms with E-state index in [2.05, 4.69) is 9.71 Å². The van der Waals surface area contributed by atoms with E-state index in [1.54, 1.807) is 0 Å². The Bertz CT molecular complexity index is 437. The maximum atomic E-state index is 11.6. The number of amides is 3. The normalized spacial score (nSPS) is 26.5. The van der Waals surface area contributed by atoms with Gasteiger partial charge in [-0.25, -0.2) is 22.9 Å². The van der Waals surface area contributed by atoms with Gasteiger partial charge in [-0.3, -0.25) is 10.1 Å². The average molecular weight is 231 g/mol. The largest absolute Gasteiger partial charge is 0.347 e. The summed E-state index contributed by atoms with van der Waals surface area (Å²) in [7, 11) is -3.76. The molecule has 1 unspecified atom stereocenters. The molecule has 8 heteroatoms. The van der Waals surface area contributed by atoms with Crippen molar-refractivity contribution in [3.63, 3.8) is 0 Å². The summed E-state index contributed by atoms with van der Waals surface area (Å²) in [5, 5.41) is 0.428. The van der Waals surface area contributed by atoms with E-state index in [4.69, 9.17) is 0 Å². The predicted octanol–water partition coefficient (Wildman–Crippen LogP) is -1.24. The fourth-order valence-electron chi connectivity index (χ4n) is 1.14. The number of hydrogen-bond donors (Lipinski definition) is 2. The van der Waals surface area contributed by atoms with Crippen LogP contribution in [0.3, 0.4) is 0 Å². The van der Waals surface area contributed by atoms with Gasteiger partial charge in [0, 0.05) is 12.3 Å². The molecule has 15 heavy (non-hydrogen) atoms. The Hall–Kier alpha value is -1.28. The van der Waals surface area contributed by atoms with Gasteiger partial charge in [-0.15, -0.1) is 0 Å². The zero-order valence-corrected chi connectivity index (χ0v) is 8.45. The number of urea groups is 1. The molecule has 7 nitrogen and oxygen atoms in total. The van der Waals surface area contributed by atoms with Crippen LogP contribution in [-0.2, 0) is 14.8 Å². The first-order chi connectivity index (χ1) is 6.99. The van der Waals surface area contributed by atoms with E-state index in [0.29, 0.717) is 0 Å². The van der Waals surface area contributed by atoms with Gasteiger partial charge in [0.25, 0.3) is 5.91 Å². The molecule has 0 aromatic heterocycles. The maximum Gasteiger partial charge on any atom is 0.347 e. The van der Waals surface area contributed by atoms with Crippen LogP contribution in [0.1, 0.15) is 12.8 Å². The molecule has 0 saturated heterocycles. The molecule has 1 aliphatic carbocycles. The Morgan fingerprint density at radius 2 is 2.07 bits per heavy atom. The van der Waals surface area contributed by atoms with Crippen LogP contribution in [0.2, 0.25) is 0 Å². The summed E-state index contributed by atoms with van der Waals surface area (Å²) >= 11 is 0. The van der Waals surface area contributed by atoms with Crippen LogP contribution in [0.25, 0.3) is 0 Å². The molecule has 0 aromatic rings. The van der Waals surface area contributed by atoms with Crippen molar-refractivity contribution < 1.29 is 18.0 Å². The quantitative estimate of drug-likeness (QED) is 0.633. The van der Waals surface area contributed by atoms with Gasteiger partial charge >= 0.3 is 6.03 Å². The van der Waals surface area contributed by atoms with Gasteiger partial charge in [-0.05, 0) is 12.8 Å². The number of carbonyl (C=O) groups excluding carboxylic acids is 2. The molecule has 1 fully saturated rings. The molecule has 0 spiro atoms. The minimum absolute atomic E-state index is 0.0752. The SMILES string of the molecule is O=C1N=CC(S(=O)(=O)NC2CC2)C(=O)N1. The van der Waals surface area contributed by atoms with E-state index in [1.807, 2.05) is 5.32 Å². The Labute approximate surface area is 86.0 Å². The molecular formula is C7H9N3O4S. The third-order valence-corrected chi connectivity index (χ3v) is 3.72. The van der Waals surface area contributed by atoms with Crippen molar-refractivity contribution in [1.29, 1.82) is 0 Å². The van der Waals surface area contributed by atoms with E-state index < -0.39 is 27.2 Å². The van der Waals surface area contributed by atoms with E-state index in [1.165, 1.54) is 0 Å². The highest BCUT2D eigenvalue weighted by atomic mass is 32.2. The summed E-state index contributed by atoms with van der Waals surface area (Å²) in [4.78, 5) is 25.1. The second-order valence-electron chi connectivity index (χ2n) is 3.43. The number of nitrogens with one attached hydrogen (secondary N) is 2. The highest BCUT2D eigenvalue weighted by molar-refractivity contribution is 7.91. The van der Waals surface area contributed by atoms with Gasteiger partial charge in [0.15, 0.2) is 5.25 Å². The highest BCUT2D eigenvalue weighted by Crippen LogP contribution is 2.20. The second kappa shape index (κ2) is 3.38. The van der Waals surface area contributed by atoms with Crippen molar-refractivity contribution in [3.05, 3.63) is 0 Å². The van der Waals surface area contributed by atoms with Gasteiger partial charge in [0.05, 0.1) is 0 Å². The number of carbonyl (C=O) groups is 2. The van der Waals surface area contributed by atoms with E-state index in [0.717, 1.165) is 19.1 Å². The van der Waals surface area contributed by atoms with Crippen molar-refractivity contribution in [3.8, 4) is 0 Å². The minimum Gasteiger partial charge on any atom is -0.275 e. The van der Waals surface area contributed by atoms with Crippen LogP contribution >= 0.6 is 0 Å². The lowest BCUT2D eigenvalue weighted by atomic mass is 10.4. The second-order valence-corrected chi connectivity index (χ2v) is 5.26. The summed E-state index contributed by atoms with van der Waals surface area (Å²) < 4.78 is 25.5. The Balaban J connectivity index is 2.18. The van der Waals surface area contributed by atoms with Crippen LogP contribution in [0.5, 0.6) is 0 Å². The summed E-state index contributed by atoms with van der Waals surface area (Å²) in [6, 6.07) is -0.910. The third-order valence-electron chi connectivity index (χ3n) is 2.06. The first-order valence-electron chi connectivity index (χ1n) is 4.39. The lowest BCUT2D eigenvalue weighted by Crippen LogP contribution is -2.50. The number of aliphatic imine (C=N–C) groups is 1. The number of imide groups is 1.